The van der Waals surface area contributed by atoms with E-state index in [9.17, 15) is 8.78 Å². The predicted octanol–water partition coefficient (Wildman–Crippen LogP) is 2.95. The van der Waals surface area contributed by atoms with E-state index >= 15 is 0 Å². The molecule has 1 aromatic heterocycles. The molecule has 2 nitrogen and oxygen atoms in total. The van der Waals surface area contributed by atoms with Crippen molar-refractivity contribution in [2.24, 2.45) is 11.8 Å². The van der Waals surface area contributed by atoms with E-state index in [0.717, 1.165) is 6.42 Å². The molecule has 0 aliphatic heterocycles. The third kappa shape index (κ3) is 3.47. The molecule has 1 aliphatic carbocycles. The van der Waals surface area contributed by atoms with Crippen LogP contribution in [0.4, 0.5) is 8.78 Å². The molecule has 17 heavy (non-hydrogen) atoms. The lowest BCUT2D eigenvalue weighted by Gasteiger charge is -2.33. The first-order chi connectivity index (χ1) is 8.11. The Labute approximate surface area is 104 Å². The van der Waals surface area contributed by atoms with Crippen LogP contribution in [0.2, 0.25) is 0 Å². The Morgan fingerprint density at radius 1 is 1.47 bits per heavy atom. The summed E-state index contributed by atoms with van der Waals surface area (Å²) in [5.41, 5.74) is 2.80. The second-order valence-corrected chi connectivity index (χ2v) is 5.78. The number of thiophene rings is 1. The summed E-state index contributed by atoms with van der Waals surface area (Å²) in [5, 5.41) is 2.03. The molecule has 1 aromatic rings. The van der Waals surface area contributed by atoms with Gasteiger partial charge in [0.05, 0.1) is 0 Å². The first-order valence-electron chi connectivity index (χ1n) is 5.97. The lowest BCUT2D eigenvalue weighted by Crippen LogP contribution is -2.44. The molecule has 96 valence electrons. The number of nitrogens with one attached hydrogen (secondary N) is 1. The van der Waals surface area contributed by atoms with Crippen molar-refractivity contribution in [1.82, 2.24) is 5.43 Å². The van der Waals surface area contributed by atoms with Crippen LogP contribution in [0.1, 0.15) is 30.6 Å². The lowest BCUT2D eigenvalue weighted by molar-refractivity contribution is -0.0495. The molecular weight excluding hydrogens is 242 g/mol. The topological polar surface area (TPSA) is 38.0 Å². The number of hydrogen-bond donors (Lipinski definition) is 2. The van der Waals surface area contributed by atoms with Gasteiger partial charge in [0, 0.05) is 23.8 Å². The first-order valence-corrected chi connectivity index (χ1v) is 6.85. The zero-order valence-corrected chi connectivity index (χ0v) is 10.5. The molecular formula is C12H18F2N2S. The summed E-state index contributed by atoms with van der Waals surface area (Å²) in [4.78, 5) is 1.25. The predicted molar refractivity (Wildman–Crippen MR) is 66.0 cm³/mol. The first kappa shape index (κ1) is 12.9. The van der Waals surface area contributed by atoms with Gasteiger partial charge in [-0.15, -0.1) is 11.3 Å². The van der Waals surface area contributed by atoms with Crippen molar-refractivity contribution < 1.29 is 8.78 Å². The fraction of sp³-hybridized carbons (Fsp3) is 0.667. The zero-order valence-electron chi connectivity index (χ0n) is 9.66. The number of alkyl halides is 2. The van der Waals surface area contributed by atoms with E-state index in [2.05, 4.69) is 11.5 Å². The van der Waals surface area contributed by atoms with E-state index < -0.39 is 5.92 Å². The fourth-order valence-corrected chi connectivity index (χ4v) is 3.24. The molecule has 1 saturated carbocycles. The third-order valence-electron chi connectivity index (χ3n) is 3.55. The van der Waals surface area contributed by atoms with Gasteiger partial charge in [-0.1, -0.05) is 6.07 Å². The monoisotopic (exact) mass is 260 g/mol. The minimum Gasteiger partial charge on any atom is -0.271 e. The van der Waals surface area contributed by atoms with Gasteiger partial charge in [0.15, 0.2) is 0 Å². The van der Waals surface area contributed by atoms with Crippen molar-refractivity contribution in [3.05, 3.63) is 22.4 Å². The standard InChI is InChI=1S/C12H18F2N2S/c13-12(14)5-3-9(4-6-12)11(16-15)8-10-2-1-7-17-10/h1-2,7,9,11,16H,3-6,8,15H2. The SMILES string of the molecule is NNC(Cc1cccs1)C1CCC(F)(F)CC1. The number of halogens is 2. The van der Waals surface area contributed by atoms with Crippen molar-refractivity contribution in [3.63, 3.8) is 0 Å². The van der Waals surface area contributed by atoms with Crippen molar-refractivity contribution >= 4 is 11.3 Å². The van der Waals surface area contributed by atoms with E-state index in [1.165, 1.54) is 4.88 Å². The van der Waals surface area contributed by atoms with Crippen LogP contribution in [0.3, 0.4) is 0 Å². The van der Waals surface area contributed by atoms with Crippen molar-refractivity contribution in [1.29, 1.82) is 0 Å². The summed E-state index contributed by atoms with van der Waals surface area (Å²) >= 11 is 1.69. The van der Waals surface area contributed by atoms with E-state index in [1.54, 1.807) is 11.3 Å². The molecule has 0 spiro atoms. The van der Waals surface area contributed by atoms with Gasteiger partial charge in [-0.3, -0.25) is 11.3 Å². The Morgan fingerprint density at radius 3 is 2.71 bits per heavy atom. The molecule has 1 atom stereocenters. The molecule has 0 radical (unpaired) electrons. The highest BCUT2D eigenvalue weighted by Crippen LogP contribution is 2.38. The Bertz CT molecular complexity index is 330. The van der Waals surface area contributed by atoms with Crippen LogP contribution in [0.25, 0.3) is 0 Å². The summed E-state index contributed by atoms with van der Waals surface area (Å²) in [7, 11) is 0. The number of hydrogen-bond acceptors (Lipinski definition) is 3. The highest BCUT2D eigenvalue weighted by Gasteiger charge is 2.37. The quantitative estimate of drug-likeness (QED) is 0.645. The van der Waals surface area contributed by atoms with Crippen molar-refractivity contribution in [2.45, 2.75) is 44.1 Å². The van der Waals surface area contributed by atoms with Crippen LogP contribution in [-0.4, -0.2) is 12.0 Å². The summed E-state index contributed by atoms with van der Waals surface area (Å²) in [6.45, 7) is 0. The highest BCUT2D eigenvalue weighted by molar-refractivity contribution is 7.09. The molecule has 2 rings (SSSR count). The van der Waals surface area contributed by atoms with Crippen LogP contribution in [-0.2, 0) is 6.42 Å². The Balaban J connectivity index is 1.91. The summed E-state index contributed by atoms with van der Waals surface area (Å²) < 4.78 is 26.1. The van der Waals surface area contributed by atoms with Crippen LogP contribution in [0.15, 0.2) is 17.5 Å². The molecule has 0 saturated heterocycles. The average molecular weight is 260 g/mol. The fourth-order valence-electron chi connectivity index (χ4n) is 2.47. The second kappa shape index (κ2) is 5.42. The molecule has 0 amide bonds. The van der Waals surface area contributed by atoms with Crippen LogP contribution < -0.4 is 11.3 Å². The third-order valence-corrected chi connectivity index (χ3v) is 4.44. The van der Waals surface area contributed by atoms with Crippen LogP contribution >= 0.6 is 11.3 Å². The molecule has 1 heterocycles. The smallest absolute Gasteiger partial charge is 0.248 e. The van der Waals surface area contributed by atoms with Gasteiger partial charge in [0.1, 0.15) is 0 Å². The zero-order chi connectivity index (χ0) is 12.3. The lowest BCUT2D eigenvalue weighted by atomic mass is 9.81. The Kier molecular flexibility index (Phi) is 4.12. The highest BCUT2D eigenvalue weighted by atomic mass is 32.1. The number of hydrazine groups is 1. The minimum atomic E-state index is -2.46. The van der Waals surface area contributed by atoms with Gasteiger partial charge in [-0.2, -0.15) is 0 Å². The van der Waals surface area contributed by atoms with Gasteiger partial charge in [0.25, 0.3) is 0 Å². The number of rotatable bonds is 4. The summed E-state index contributed by atoms with van der Waals surface area (Å²) in [6, 6.07) is 4.18. The van der Waals surface area contributed by atoms with E-state index in [0.29, 0.717) is 12.8 Å². The normalized spacial score (nSPS) is 22.5. The summed E-state index contributed by atoms with van der Waals surface area (Å²) in [6.07, 6.45) is 1.96. The molecule has 1 fully saturated rings. The van der Waals surface area contributed by atoms with Gasteiger partial charge >= 0.3 is 0 Å². The molecule has 1 unspecified atom stereocenters. The molecule has 3 N–H and O–H groups in total. The largest absolute Gasteiger partial charge is 0.271 e. The molecule has 1 aliphatic rings. The number of nitrogens with two attached hydrogens (primary N) is 1. The summed E-state index contributed by atoms with van der Waals surface area (Å²) in [5.74, 6) is 3.36. The second-order valence-electron chi connectivity index (χ2n) is 4.75. The van der Waals surface area contributed by atoms with Gasteiger partial charge in [-0.25, -0.2) is 8.78 Å². The van der Waals surface area contributed by atoms with Gasteiger partial charge < -0.3 is 0 Å². The van der Waals surface area contributed by atoms with Gasteiger partial charge in [0.2, 0.25) is 5.92 Å². The maximum Gasteiger partial charge on any atom is 0.248 e. The minimum absolute atomic E-state index is 0.000285. The van der Waals surface area contributed by atoms with Crippen molar-refractivity contribution in [2.75, 3.05) is 0 Å². The Hall–Kier alpha value is -0.520. The maximum absolute atomic E-state index is 13.1. The van der Waals surface area contributed by atoms with Crippen LogP contribution in [0.5, 0.6) is 0 Å². The van der Waals surface area contributed by atoms with E-state index in [4.69, 9.17) is 5.84 Å². The molecule has 0 aromatic carbocycles. The molecule has 5 heteroatoms. The van der Waals surface area contributed by atoms with Crippen LogP contribution in [0, 0.1) is 5.92 Å². The van der Waals surface area contributed by atoms with Crippen molar-refractivity contribution in [3.8, 4) is 0 Å². The maximum atomic E-state index is 13.1. The van der Waals surface area contributed by atoms with E-state index in [-0.39, 0.29) is 24.8 Å². The molecule has 0 bridgehead atoms. The average Bonchev–Trinajstić information content (AvgIpc) is 2.79. The van der Waals surface area contributed by atoms with Gasteiger partial charge in [-0.05, 0) is 36.6 Å². The Morgan fingerprint density at radius 2 is 2.18 bits per heavy atom. The van der Waals surface area contributed by atoms with E-state index in [1.807, 2.05) is 11.4 Å².